The van der Waals surface area contributed by atoms with E-state index in [9.17, 15) is 0 Å². The number of unbranched alkanes of at least 4 members (excludes halogenated alkanes) is 3. The Morgan fingerprint density at radius 2 is 1.47 bits per heavy atom. The van der Waals surface area contributed by atoms with Gasteiger partial charge in [0.15, 0.2) is 0 Å². The average molecular weight is 321 g/mol. The Morgan fingerprint density at radius 3 is 2.11 bits per heavy atom. The maximum atomic E-state index is 2.44. The van der Waals surface area contributed by atoms with Crippen LogP contribution in [0.5, 0.6) is 0 Å². The molecule has 3 heteroatoms. The van der Waals surface area contributed by atoms with Gasteiger partial charge in [0, 0.05) is 10.2 Å². The Balaban J connectivity index is 4.13. The molecule has 0 N–H and O–H groups in total. The van der Waals surface area contributed by atoms with Gasteiger partial charge in [0.1, 0.15) is 0 Å². The fraction of sp³-hybridized carbons (Fsp3) is 0.875. The van der Waals surface area contributed by atoms with Gasteiger partial charge >= 0.3 is 0 Å². The SMILES string of the molecule is CCCCS/C=C(\SCCCC)C(C)SCCCC. The summed E-state index contributed by atoms with van der Waals surface area (Å²) in [7, 11) is 0. The van der Waals surface area contributed by atoms with Crippen LogP contribution in [0.2, 0.25) is 0 Å². The van der Waals surface area contributed by atoms with Gasteiger partial charge in [0.2, 0.25) is 0 Å². The smallest absolute Gasteiger partial charge is 0.0333 e. The molecule has 0 radical (unpaired) electrons. The highest BCUT2D eigenvalue weighted by Gasteiger charge is 2.09. The first-order valence-corrected chi connectivity index (χ1v) is 10.9. The Labute approximate surface area is 134 Å². The summed E-state index contributed by atoms with van der Waals surface area (Å²) >= 11 is 6.23. The van der Waals surface area contributed by atoms with Gasteiger partial charge in [-0.1, -0.05) is 40.0 Å². The molecule has 0 bridgehead atoms. The van der Waals surface area contributed by atoms with Gasteiger partial charge < -0.3 is 0 Å². The molecule has 0 aromatic carbocycles. The molecule has 0 heterocycles. The Bertz CT molecular complexity index is 214. The van der Waals surface area contributed by atoms with Crippen molar-refractivity contribution in [3.8, 4) is 0 Å². The van der Waals surface area contributed by atoms with Crippen LogP contribution in [-0.4, -0.2) is 22.5 Å². The van der Waals surface area contributed by atoms with Crippen LogP contribution in [0.15, 0.2) is 10.3 Å². The Hall–Kier alpha value is 0.790. The molecule has 0 nitrogen and oxygen atoms in total. The molecular formula is C16H32S3. The minimum Gasteiger partial charge on any atom is -0.154 e. The van der Waals surface area contributed by atoms with Crippen molar-refractivity contribution >= 4 is 35.3 Å². The average Bonchev–Trinajstić information content (AvgIpc) is 2.41. The summed E-state index contributed by atoms with van der Waals surface area (Å²) in [5.74, 6) is 3.87. The van der Waals surface area contributed by atoms with Crippen LogP contribution in [0.4, 0.5) is 0 Å². The van der Waals surface area contributed by atoms with E-state index in [-0.39, 0.29) is 0 Å². The molecular weight excluding hydrogens is 288 g/mol. The van der Waals surface area contributed by atoms with Crippen LogP contribution in [0, 0.1) is 0 Å². The van der Waals surface area contributed by atoms with Crippen molar-refractivity contribution in [2.24, 2.45) is 0 Å². The minimum atomic E-state index is 0.683. The molecule has 0 aromatic heterocycles. The molecule has 0 aliphatic rings. The number of hydrogen-bond donors (Lipinski definition) is 0. The molecule has 19 heavy (non-hydrogen) atoms. The molecule has 0 aromatic rings. The normalized spacial score (nSPS) is 13.8. The summed E-state index contributed by atoms with van der Waals surface area (Å²) in [6, 6.07) is 0. The molecule has 0 aliphatic heterocycles. The van der Waals surface area contributed by atoms with Crippen LogP contribution >= 0.6 is 35.3 Å². The predicted octanol–water partition coefficient (Wildman–Crippen LogP) is 6.82. The molecule has 0 fully saturated rings. The molecule has 1 unspecified atom stereocenters. The van der Waals surface area contributed by atoms with Crippen LogP contribution in [0.1, 0.15) is 66.2 Å². The standard InChI is InChI=1S/C16H32S3/c1-5-8-11-17-14-16(19-13-10-7-3)15(4)18-12-9-6-2/h14-15H,5-13H2,1-4H3/b16-14-. The van der Waals surface area contributed by atoms with Gasteiger partial charge in [-0.15, -0.1) is 23.5 Å². The Kier molecular flexibility index (Phi) is 15.8. The van der Waals surface area contributed by atoms with Crippen LogP contribution in [0.3, 0.4) is 0 Å². The van der Waals surface area contributed by atoms with E-state index < -0.39 is 0 Å². The zero-order valence-corrected chi connectivity index (χ0v) is 15.7. The highest BCUT2D eigenvalue weighted by molar-refractivity contribution is 8.08. The quantitative estimate of drug-likeness (QED) is 0.342. The molecule has 0 amide bonds. The van der Waals surface area contributed by atoms with Gasteiger partial charge in [-0.25, -0.2) is 0 Å². The lowest BCUT2D eigenvalue weighted by Crippen LogP contribution is -2.00. The van der Waals surface area contributed by atoms with Gasteiger partial charge in [0.05, 0.1) is 0 Å². The predicted molar refractivity (Wildman–Crippen MR) is 99.6 cm³/mol. The van der Waals surface area contributed by atoms with E-state index in [1.165, 1.54) is 55.8 Å². The number of rotatable bonds is 13. The van der Waals surface area contributed by atoms with Crippen molar-refractivity contribution in [3.05, 3.63) is 10.3 Å². The van der Waals surface area contributed by atoms with Crippen LogP contribution in [-0.2, 0) is 0 Å². The molecule has 0 saturated heterocycles. The lowest BCUT2D eigenvalue weighted by molar-refractivity contribution is 0.893. The first kappa shape index (κ1) is 19.8. The molecule has 0 aliphatic carbocycles. The van der Waals surface area contributed by atoms with Crippen molar-refractivity contribution < 1.29 is 0 Å². The molecule has 114 valence electrons. The molecule has 0 saturated carbocycles. The van der Waals surface area contributed by atoms with Gasteiger partial charge in [0.25, 0.3) is 0 Å². The van der Waals surface area contributed by atoms with Crippen molar-refractivity contribution in [2.75, 3.05) is 17.3 Å². The maximum absolute atomic E-state index is 2.44. The van der Waals surface area contributed by atoms with E-state index in [4.69, 9.17) is 0 Å². The second-order valence-electron chi connectivity index (χ2n) is 4.81. The van der Waals surface area contributed by atoms with E-state index in [2.05, 4.69) is 56.6 Å². The first-order valence-electron chi connectivity index (χ1n) is 7.82. The Morgan fingerprint density at radius 1 is 0.895 bits per heavy atom. The highest BCUT2D eigenvalue weighted by Crippen LogP contribution is 2.31. The van der Waals surface area contributed by atoms with E-state index in [0.29, 0.717) is 5.25 Å². The van der Waals surface area contributed by atoms with Crippen molar-refractivity contribution in [1.82, 2.24) is 0 Å². The summed E-state index contributed by atoms with van der Waals surface area (Å²) < 4.78 is 0. The summed E-state index contributed by atoms with van der Waals surface area (Å²) in [5, 5.41) is 3.13. The third-order valence-electron chi connectivity index (χ3n) is 2.85. The van der Waals surface area contributed by atoms with Gasteiger partial charge in [-0.05, 0) is 48.9 Å². The molecule has 0 spiro atoms. The maximum Gasteiger partial charge on any atom is 0.0333 e. The zero-order valence-electron chi connectivity index (χ0n) is 13.2. The largest absolute Gasteiger partial charge is 0.154 e. The third-order valence-corrected chi connectivity index (χ3v) is 6.67. The molecule has 1 atom stereocenters. The third kappa shape index (κ3) is 12.3. The zero-order chi connectivity index (χ0) is 14.3. The fourth-order valence-electron chi connectivity index (χ4n) is 1.44. The molecule has 0 rings (SSSR count). The number of thioether (sulfide) groups is 3. The fourth-order valence-corrected chi connectivity index (χ4v) is 5.29. The first-order chi connectivity index (χ1) is 9.26. The van der Waals surface area contributed by atoms with E-state index >= 15 is 0 Å². The van der Waals surface area contributed by atoms with E-state index in [1.54, 1.807) is 4.91 Å². The second kappa shape index (κ2) is 15.2. The lowest BCUT2D eigenvalue weighted by atomic mass is 10.4. The van der Waals surface area contributed by atoms with Gasteiger partial charge in [-0.3, -0.25) is 0 Å². The topological polar surface area (TPSA) is 0 Å². The summed E-state index contributed by atoms with van der Waals surface area (Å²) in [4.78, 5) is 1.61. The van der Waals surface area contributed by atoms with E-state index in [1.807, 2.05) is 11.8 Å². The van der Waals surface area contributed by atoms with Crippen LogP contribution in [0.25, 0.3) is 0 Å². The van der Waals surface area contributed by atoms with Crippen molar-refractivity contribution in [3.63, 3.8) is 0 Å². The lowest BCUT2D eigenvalue weighted by Gasteiger charge is -2.15. The summed E-state index contributed by atoms with van der Waals surface area (Å²) in [6.45, 7) is 9.20. The van der Waals surface area contributed by atoms with Crippen molar-refractivity contribution in [2.45, 2.75) is 71.5 Å². The highest BCUT2D eigenvalue weighted by atomic mass is 32.2. The van der Waals surface area contributed by atoms with E-state index in [0.717, 1.165) is 0 Å². The van der Waals surface area contributed by atoms with Crippen LogP contribution < -0.4 is 0 Å². The minimum absolute atomic E-state index is 0.683. The monoisotopic (exact) mass is 320 g/mol. The van der Waals surface area contributed by atoms with Crippen molar-refractivity contribution in [1.29, 1.82) is 0 Å². The number of hydrogen-bond acceptors (Lipinski definition) is 3. The summed E-state index contributed by atoms with van der Waals surface area (Å²) in [5.41, 5.74) is 0. The second-order valence-corrected chi connectivity index (χ2v) is 8.41. The summed E-state index contributed by atoms with van der Waals surface area (Å²) in [6.07, 6.45) is 7.96. The van der Waals surface area contributed by atoms with Gasteiger partial charge in [-0.2, -0.15) is 11.8 Å².